The van der Waals surface area contributed by atoms with Gasteiger partial charge in [-0.2, -0.15) is 0 Å². The van der Waals surface area contributed by atoms with Gasteiger partial charge in [0.05, 0.1) is 6.10 Å². The van der Waals surface area contributed by atoms with E-state index in [1.807, 2.05) is 6.07 Å². The third-order valence-electron chi connectivity index (χ3n) is 2.44. The molecule has 0 bridgehead atoms. The van der Waals surface area contributed by atoms with Crippen LogP contribution in [0.1, 0.15) is 25.8 Å². The second-order valence-electron chi connectivity index (χ2n) is 4.83. The van der Waals surface area contributed by atoms with Crippen molar-refractivity contribution in [2.75, 3.05) is 20.6 Å². The van der Waals surface area contributed by atoms with E-state index in [9.17, 15) is 0 Å². The van der Waals surface area contributed by atoms with Gasteiger partial charge in [0.1, 0.15) is 5.75 Å². The molecule has 0 N–H and O–H groups in total. The molecule has 0 aromatic heterocycles. The first kappa shape index (κ1) is 14.5. The number of hydrogen-bond donors (Lipinski definition) is 0. The van der Waals surface area contributed by atoms with Gasteiger partial charge in [0.25, 0.3) is 0 Å². The second kappa shape index (κ2) is 7.02. The van der Waals surface area contributed by atoms with Crippen molar-refractivity contribution in [3.05, 3.63) is 28.2 Å². The average molecular weight is 300 g/mol. The number of aryl methyl sites for hydroxylation is 1. The number of nitrogens with zero attached hydrogens (tertiary/aromatic N) is 1. The topological polar surface area (TPSA) is 12.5 Å². The predicted octanol–water partition coefficient (Wildman–Crippen LogP) is 3.73. The molecule has 96 valence electrons. The van der Waals surface area contributed by atoms with Gasteiger partial charge >= 0.3 is 0 Å². The van der Waals surface area contributed by atoms with Crippen LogP contribution in [0.4, 0.5) is 0 Å². The van der Waals surface area contributed by atoms with Crippen LogP contribution in [-0.2, 0) is 6.42 Å². The van der Waals surface area contributed by atoms with Crippen molar-refractivity contribution in [3.63, 3.8) is 0 Å². The Labute approximate surface area is 113 Å². The van der Waals surface area contributed by atoms with Crippen LogP contribution in [0.2, 0.25) is 0 Å². The van der Waals surface area contributed by atoms with Crippen molar-refractivity contribution in [3.8, 4) is 5.75 Å². The SMILES string of the molecule is CC(C)Oc1ccc(Br)cc1CCCN(C)C. The highest BCUT2D eigenvalue weighted by atomic mass is 79.9. The fraction of sp³-hybridized carbons (Fsp3) is 0.571. The van der Waals surface area contributed by atoms with Crippen LogP contribution >= 0.6 is 15.9 Å². The van der Waals surface area contributed by atoms with Crippen LogP contribution in [0.15, 0.2) is 22.7 Å². The third-order valence-corrected chi connectivity index (χ3v) is 2.93. The molecule has 0 amide bonds. The minimum Gasteiger partial charge on any atom is -0.491 e. The molecule has 0 atom stereocenters. The Morgan fingerprint density at radius 3 is 2.59 bits per heavy atom. The number of ether oxygens (including phenoxy) is 1. The van der Waals surface area contributed by atoms with Crippen LogP contribution in [0.3, 0.4) is 0 Å². The van der Waals surface area contributed by atoms with E-state index in [4.69, 9.17) is 4.74 Å². The number of benzene rings is 1. The predicted molar refractivity (Wildman–Crippen MR) is 76.8 cm³/mol. The molecular formula is C14H22BrNO. The van der Waals surface area contributed by atoms with Crippen LogP contribution < -0.4 is 4.74 Å². The van der Waals surface area contributed by atoms with E-state index < -0.39 is 0 Å². The molecule has 0 radical (unpaired) electrons. The zero-order valence-electron chi connectivity index (χ0n) is 11.2. The lowest BCUT2D eigenvalue weighted by molar-refractivity contribution is 0.239. The summed E-state index contributed by atoms with van der Waals surface area (Å²) in [6.07, 6.45) is 2.43. The van der Waals surface area contributed by atoms with Crippen LogP contribution in [0.5, 0.6) is 5.75 Å². The maximum Gasteiger partial charge on any atom is 0.122 e. The molecule has 2 nitrogen and oxygen atoms in total. The zero-order valence-corrected chi connectivity index (χ0v) is 12.8. The van der Waals surface area contributed by atoms with E-state index >= 15 is 0 Å². The molecule has 0 unspecified atom stereocenters. The van der Waals surface area contributed by atoms with Crippen molar-refractivity contribution in [1.82, 2.24) is 4.90 Å². The summed E-state index contributed by atoms with van der Waals surface area (Å²) in [5.41, 5.74) is 1.29. The maximum absolute atomic E-state index is 5.82. The summed E-state index contributed by atoms with van der Waals surface area (Å²) in [7, 11) is 4.21. The average Bonchev–Trinajstić information content (AvgIpc) is 2.21. The van der Waals surface area contributed by atoms with E-state index in [1.54, 1.807) is 0 Å². The first-order valence-electron chi connectivity index (χ1n) is 6.09. The zero-order chi connectivity index (χ0) is 12.8. The summed E-state index contributed by atoms with van der Waals surface area (Å²) in [6.45, 7) is 5.23. The van der Waals surface area contributed by atoms with Gasteiger partial charge in [-0.15, -0.1) is 0 Å². The van der Waals surface area contributed by atoms with Crippen molar-refractivity contribution >= 4 is 15.9 Å². The van der Waals surface area contributed by atoms with Gasteiger partial charge in [0.2, 0.25) is 0 Å². The molecule has 17 heavy (non-hydrogen) atoms. The molecule has 0 heterocycles. The minimum absolute atomic E-state index is 0.226. The van der Waals surface area contributed by atoms with Gasteiger partial charge in [-0.1, -0.05) is 15.9 Å². The first-order chi connectivity index (χ1) is 7.99. The lowest BCUT2D eigenvalue weighted by Crippen LogP contribution is -2.14. The lowest BCUT2D eigenvalue weighted by atomic mass is 10.1. The van der Waals surface area contributed by atoms with Gasteiger partial charge < -0.3 is 9.64 Å². The Morgan fingerprint density at radius 1 is 1.29 bits per heavy atom. The highest BCUT2D eigenvalue weighted by Crippen LogP contribution is 2.25. The standard InChI is InChI=1S/C14H22BrNO/c1-11(2)17-14-8-7-13(15)10-12(14)6-5-9-16(3)4/h7-8,10-11H,5-6,9H2,1-4H3. The largest absolute Gasteiger partial charge is 0.491 e. The van der Waals surface area contributed by atoms with Gasteiger partial charge in [-0.05, 0) is 71.1 Å². The van der Waals surface area contributed by atoms with Gasteiger partial charge in [-0.3, -0.25) is 0 Å². The third kappa shape index (κ3) is 5.55. The summed E-state index contributed by atoms with van der Waals surface area (Å²) in [6, 6.07) is 6.25. The Balaban J connectivity index is 2.69. The fourth-order valence-electron chi connectivity index (χ4n) is 1.70. The summed E-state index contributed by atoms with van der Waals surface area (Å²) in [4.78, 5) is 2.21. The first-order valence-corrected chi connectivity index (χ1v) is 6.88. The summed E-state index contributed by atoms with van der Waals surface area (Å²) in [5.74, 6) is 1.02. The second-order valence-corrected chi connectivity index (χ2v) is 5.74. The van der Waals surface area contributed by atoms with E-state index in [-0.39, 0.29) is 6.10 Å². The lowest BCUT2D eigenvalue weighted by Gasteiger charge is -2.15. The van der Waals surface area contributed by atoms with Crippen LogP contribution in [0, 0.1) is 0 Å². The van der Waals surface area contributed by atoms with Gasteiger partial charge in [0.15, 0.2) is 0 Å². The summed E-state index contributed by atoms with van der Waals surface area (Å²) in [5, 5.41) is 0. The van der Waals surface area contributed by atoms with Crippen molar-refractivity contribution in [1.29, 1.82) is 0 Å². The number of halogens is 1. The Hall–Kier alpha value is -0.540. The Bertz CT molecular complexity index is 350. The van der Waals surface area contributed by atoms with E-state index in [2.05, 4.69) is 60.9 Å². The molecule has 1 rings (SSSR count). The molecule has 0 spiro atoms. The molecule has 0 aliphatic heterocycles. The van der Waals surface area contributed by atoms with E-state index in [1.165, 1.54) is 5.56 Å². The molecule has 0 aliphatic rings. The molecular weight excluding hydrogens is 278 g/mol. The van der Waals surface area contributed by atoms with Crippen LogP contribution in [-0.4, -0.2) is 31.6 Å². The molecule has 0 saturated carbocycles. The van der Waals surface area contributed by atoms with Crippen molar-refractivity contribution < 1.29 is 4.74 Å². The normalized spacial score (nSPS) is 11.2. The molecule has 0 saturated heterocycles. The number of hydrogen-bond acceptors (Lipinski definition) is 2. The van der Waals surface area contributed by atoms with E-state index in [0.717, 1.165) is 29.6 Å². The van der Waals surface area contributed by atoms with Crippen molar-refractivity contribution in [2.45, 2.75) is 32.8 Å². The Kier molecular flexibility index (Phi) is 6.00. The maximum atomic E-state index is 5.82. The quantitative estimate of drug-likeness (QED) is 0.793. The highest BCUT2D eigenvalue weighted by molar-refractivity contribution is 9.10. The van der Waals surface area contributed by atoms with Gasteiger partial charge in [0, 0.05) is 4.47 Å². The monoisotopic (exact) mass is 299 g/mol. The smallest absolute Gasteiger partial charge is 0.122 e. The van der Waals surface area contributed by atoms with Crippen molar-refractivity contribution in [2.24, 2.45) is 0 Å². The van der Waals surface area contributed by atoms with Crippen LogP contribution in [0.25, 0.3) is 0 Å². The molecule has 1 aromatic carbocycles. The summed E-state index contributed by atoms with van der Waals surface area (Å²) < 4.78 is 6.94. The summed E-state index contributed by atoms with van der Waals surface area (Å²) >= 11 is 3.52. The van der Waals surface area contributed by atoms with E-state index in [0.29, 0.717) is 0 Å². The molecule has 0 fully saturated rings. The highest BCUT2D eigenvalue weighted by Gasteiger charge is 2.06. The molecule has 3 heteroatoms. The molecule has 1 aromatic rings. The Morgan fingerprint density at radius 2 is 2.00 bits per heavy atom. The van der Waals surface area contributed by atoms with Gasteiger partial charge in [-0.25, -0.2) is 0 Å². The molecule has 0 aliphatic carbocycles. The fourth-order valence-corrected chi connectivity index (χ4v) is 2.11. The number of rotatable bonds is 6. The minimum atomic E-state index is 0.226.